The van der Waals surface area contributed by atoms with Gasteiger partial charge in [-0.25, -0.2) is 4.98 Å². The van der Waals surface area contributed by atoms with Crippen LogP contribution in [0.2, 0.25) is 0 Å². The number of phenolic OH excluding ortho intramolecular Hbond substituents is 1. The van der Waals surface area contributed by atoms with Crippen LogP contribution in [0.3, 0.4) is 0 Å². The maximum atomic E-state index is 10.0. The number of H-pyrrole nitrogens is 1. The predicted molar refractivity (Wildman–Crippen MR) is 95.2 cm³/mol. The first kappa shape index (κ1) is 16.4. The van der Waals surface area contributed by atoms with Gasteiger partial charge >= 0.3 is 0 Å². The molecule has 0 aliphatic heterocycles. The molecule has 0 fully saturated rings. The van der Waals surface area contributed by atoms with Crippen molar-refractivity contribution in [3.63, 3.8) is 0 Å². The molecule has 126 valence electrons. The molecule has 0 aliphatic carbocycles. The number of halogens is 1. The molecule has 0 saturated heterocycles. The van der Waals surface area contributed by atoms with Gasteiger partial charge < -0.3 is 24.3 Å². The Bertz CT molecular complexity index is 851. The minimum Gasteiger partial charge on any atom is -0.503 e. The van der Waals surface area contributed by atoms with Crippen molar-refractivity contribution in [3.05, 3.63) is 28.7 Å². The van der Waals surface area contributed by atoms with Crippen molar-refractivity contribution in [1.82, 2.24) is 9.97 Å². The van der Waals surface area contributed by atoms with Gasteiger partial charge in [0, 0.05) is 17.7 Å². The first-order valence-electron chi connectivity index (χ1n) is 7.34. The number of methoxy groups -OCH3 is 2. The van der Waals surface area contributed by atoms with E-state index in [-0.39, 0.29) is 5.75 Å². The molecule has 6 nitrogen and oxygen atoms in total. The van der Waals surface area contributed by atoms with Crippen LogP contribution in [0.1, 0.15) is 6.92 Å². The Morgan fingerprint density at radius 3 is 2.46 bits per heavy atom. The van der Waals surface area contributed by atoms with Gasteiger partial charge in [-0.2, -0.15) is 0 Å². The van der Waals surface area contributed by atoms with E-state index in [2.05, 4.69) is 25.9 Å². The molecule has 1 aromatic heterocycles. The second-order valence-corrected chi connectivity index (χ2v) is 5.90. The normalized spacial score (nSPS) is 10.8. The van der Waals surface area contributed by atoms with E-state index in [1.165, 1.54) is 0 Å². The zero-order valence-corrected chi connectivity index (χ0v) is 15.1. The van der Waals surface area contributed by atoms with Crippen LogP contribution < -0.4 is 14.2 Å². The Hall–Kier alpha value is -2.41. The Kier molecular flexibility index (Phi) is 4.53. The first-order chi connectivity index (χ1) is 11.6. The highest BCUT2D eigenvalue weighted by Gasteiger charge is 2.15. The van der Waals surface area contributed by atoms with Crippen LogP contribution in [0.25, 0.3) is 22.4 Å². The summed E-state index contributed by atoms with van der Waals surface area (Å²) >= 11 is 3.34. The average Bonchev–Trinajstić information content (AvgIpc) is 3.00. The Labute approximate surface area is 147 Å². The van der Waals surface area contributed by atoms with E-state index >= 15 is 0 Å². The smallest absolute Gasteiger partial charge is 0.172 e. The molecule has 0 bridgehead atoms. The number of hydrogen-bond donors (Lipinski definition) is 2. The van der Waals surface area contributed by atoms with E-state index in [0.29, 0.717) is 34.2 Å². The number of fused-ring (bicyclic) bond motifs is 1. The molecular formula is C17H17BrN2O4. The SMILES string of the molecule is CCOc1cc(-c2nc3cc(OC)c(OC)cc3[nH]2)cc(Br)c1O. The standard InChI is InChI=1S/C17H17BrN2O4/c1-4-24-15-6-9(5-10(18)16(15)21)17-19-11-7-13(22-2)14(23-3)8-12(11)20-17/h5-8,21H,4H2,1-3H3,(H,19,20). The lowest BCUT2D eigenvalue weighted by Crippen LogP contribution is -1.93. The van der Waals surface area contributed by atoms with E-state index < -0.39 is 0 Å². The summed E-state index contributed by atoms with van der Waals surface area (Å²) in [6, 6.07) is 7.18. The molecule has 7 heteroatoms. The number of nitrogens with zero attached hydrogens (tertiary/aromatic N) is 1. The van der Waals surface area contributed by atoms with Crippen molar-refractivity contribution in [2.75, 3.05) is 20.8 Å². The zero-order chi connectivity index (χ0) is 17.3. The largest absolute Gasteiger partial charge is 0.503 e. The summed E-state index contributed by atoms with van der Waals surface area (Å²) in [4.78, 5) is 7.84. The maximum absolute atomic E-state index is 10.0. The van der Waals surface area contributed by atoms with Crippen molar-refractivity contribution < 1.29 is 19.3 Å². The maximum Gasteiger partial charge on any atom is 0.172 e. The molecule has 24 heavy (non-hydrogen) atoms. The molecule has 0 aliphatic rings. The van der Waals surface area contributed by atoms with Gasteiger partial charge in [0.1, 0.15) is 5.82 Å². The fourth-order valence-electron chi connectivity index (χ4n) is 2.45. The number of hydrogen-bond acceptors (Lipinski definition) is 5. The van der Waals surface area contributed by atoms with Crippen LogP contribution >= 0.6 is 15.9 Å². The molecule has 0 unspecified atom stereocenters. The van der Waals surface area contributed by atoms with Crippen LogP contribution in [-0.4, -0.2) is 35.9 Å². The average molecular weight is 393 g/mol. The van der Waals surface area contributed by atoms with E-state index in [9.17, 15) is 5.11 Å². The minimum atomic E-state index is 0.0695. The van der Waals surface area contributed by atoms with Gasteiger partial charge in [0.15, 0.2) is 23.0 Å². The molecular weight excluding hydrogens is 376 g/mol. The van der Waals surface area contributed by atoms with Gasteiger partial charge in [-0.15, -0.1) is 0 Å². The monoisotopic (exact) mass is 392 g/mol. The van der Waals surface area contributed by atoms with Gasteiger partial charge in [0.05, 0.1) is 36.3 Å². The van der Waals surface area contributed by atoms with Crippen LogP contribution in [0.15, 0.2) is 28.7 Å². The summed E-state index contributed by atoms with van der Waals surface area (Å²) in [7, 11) is 3.18. The molecule has 0 atom stereocenters. The van der Waals surface area contributed by atoms with Crippen molar-refractivity contribution in [2.45, 2.75) is 6.92 Å². The number of aromatic hydroxyl groups is 1. The van der Waals surface area contributed by atoms with E-state index in [4.69, 9.17) is 14.2 Å². The summed E-state index contributed by atoms with van der Waals surface area (Å²) in [5, 5.41) is 10.0. The first-order valence-corrected chi connectivity index (χ1v) is 8.14. The minimum absolute atomic E-state index is 0.0695. The summed E-state index contributed by atoms with van der Waals surface area (Å²) < 4.78 is 16.6. The fourth-order valence-corrected chi connectivity index (χ4v) is 2.89. The molecule has 0 saturated carbocycles. The second-order valence-electron chi connectivity index (χ2n) is 5.05. The lowest BCUT2D eigenvalue weighted by Gasteiger charge is -2.09. The third kappa shape index (κ3) is 2.87. The van der Waals surface area contributed by atoms with Gasteiger partial charge in [0.2, 0.25) is 0 Å². The molecule has 3 aromatic rings. The fraction of sp³-hybridized carbons (Fsp3) is 0.235. The molecule has 2 aromatic carbocycles. The molecule has 3 rings (SSSR count). The van der Waals surface area contributed by atoms with Gasteiger partial charge in [-0.3, -0.25) is 0 Å². The highest BCUT2D eigenvalue weighted by Crippen LogP contribution is 2.39. The molecule has 2 N–H and O–H groups in total. The third-order valence-electron chi connectivity index (χ3n) is 3.59. The Balaban J connectivity index is 2.12. The quantitative estimate of drug-likeness (QED) is 0.682. The number of ether oxygens (including phenoxy) is 3. The summed E-state index contributed by atoms with van der Waals surface area (Å²) in [5.74, 6) is 2.37. The molecule has 0 spiro atoms. The van der Waals surface area contributed by atoms with Crippen LogP contribution in [0, 0.1) is 0 Å². The van der Waals surface area contributed by atoms with Crippen molar-refractivity contribution in [2.24, 2.45) is 0 Å². The number of nitrogens with one attached hydrogen (secondary N) is 1. The number of aromatic nitrogens is 2. The van der Waals surface area contributed by atoms with Crippen molar-refractivity contribution in [3.8, 4) is 34.4 Å². The summed E-state index contributed by atoms with van der Waals surface area (Å²) in [6.45, 7) is 2.32. The second kappa shape index (κ2) is 6.60. The molecule has 0 amide bonds. The summed E-state index contributed by atoms with van der Waals surface area (Å²) in [5.41, 5.74) is 2.37. The number of phenols is 1. The van der Waals surface area contributed by atoms with Crippen molar-refractivity contribution >= 4 is 27.0 Å². The van der Waals surface area contributed by atoms with Crippen LogP contribution in [0.4, 0.5) is 0 Å². The molecule has 1 heterocycles. The van der Waals surface area contributed by atoms with E-state index in [1.807, 2.05) is 19.1 Å². The highest BCUT2D eigenvalue weighted by atomic mass is 79.9. The number of aromatic amines is 1. The van der Waals surface area contributed by atoms with Gasteiger partial charge in [0.25, 0.3) is 0 Å². The van der Waals surface area contributed by atoms with Gasteiger partial charge in [-0.05, 0) is 35.0 Å². The van der Waals surface area contributed by atoms with E-state index in [1.54, 1.807) is 26.4 Å². The third-order valence-corrected chi connectivity index (χ3v) is 4.19. The van der Waals surface area contributed by atoms with Crippen LogP contribution in [-0.2, 0) is 0 Å². The predicted octanol–water partition coefficient (Wildman–Crippen LogP) is 4.11. The molecule has 0 radical (unpaired) electrons. The van der Waals surface area contributed by atoms with Crippen molar-refractivity contribution in [1.29, 1.82) is 0 Å². The lowest BCUT2D eigenvalue weighted by atomic mass is 10.2. The zero-order valence-electron chi connectivity index (χ0n) is 13.5. The number of imidazole rings is 1. The highest BCUT2D eigenvalue weighted by molar-refractivity contribution is 9.10. The Morgan fingerprint density at radius 1 is 1.08 bits per heavy atom. The topological polar surface area (TPSA) is 76.6 Å². The lowest BCUT2D eigenvalue weighted by molar-refractivity contribution is 0.317. The summed E-state index contributed by atoms with van der Waals surface area (Å²) in [6.07, 6.45) is 0. The number of benzene rings is 2. The Morgan fingerprint density at radius 2 is 1.79 bits per heavy atom. The van der Waals surface area contributed by atoms with Crippen LogP contribution in [0.5, 0.6) is 23.0 Å². The van der Waals surface area contributed by atoms with Gasteiger partial charge in [-0.1, -0.05) is 0 Å². The number of rotatable bonds is 5. The van der Waals surface area contributed by atoms with E-state index in [0.717, 1.165) is 16.6 Å².